The molecule has 2 saturated heterocycles. The number of hydrogen-bond donors (Lipinski definition) is 1. The highest BCUT2D eigenvalue weighted by atomic mass is 16.5. The van der Waals surface area contributed by atoms with Gasteiger partial charge in [0, 0.05) is 29.0 Å². The number of aromatic nitrogens is 3. The zero-order chi connectivity index (χ0) is 13.7. The van der Waals surface area contributed by atoms with Gasteiger partial charge in [-0.25, -0.2) is 0 Å². The van der Waals surface area contributed by atoms with Crippen LogP contribution in [0.1, 0.15) is 42.5 Å². The molecule has 104 valence electrons. The van der Waals surface area contributed by atoms with Gasteiger partial charge in [-0.1, -0.05) is 5.16 Å². The van der Waals surface area contributed by atoms with E-state index in [4.69, 9.17) is 4.52 Å². The average molecular weight is 270 g/mol. The summed E-state index contributed by atoms with van der Waals surface area (Å²) in [6.07, 6.45) is 3.63. The summed E-state index contributed by atoms with van der Waals surface area (Å²) in [5.41, 5.74) is 2.95. The Morgan fingerprint density at radius 1 is 1.15 bits per heavy atom. The van der Waals surface area contributed by atoms with Crippen molar-refractivity contribution in [1.29, 1.82) is 0 Å². The number of rotatable bonds is 2. The summed E-state index contributed by atoms with van der Waals surface area (Å²) in [5.74, 6) is 1.85. The van der Waals surface area contributed by atoms with E-state index < -0.39 is 0 Å². The largest absolute Gasteiger partial charge is 0.339 e. The molecule has 1 N–H and O–H groups in total. The first kappa shape index (κ1) is 12.0. The molecule has 0 saturated carbocycles. The number of aryl methyl sites for hydroxylation is 2. The predicted molar refractivity (Wildman–Crippen MR) is 74.3 cm³/mol. The summed E-state index contributed by atoms with van der Waals surface area (Å²) >= 11 is 0. The SMILES string of the molecule is Cc1cc(-c2noc(C3CC4CCC3N4)n2)cc(C)n1. The van der Waals surface area contributed by atoms with Crippen LogP contribution >= 0.6 is 0 Å². The second-order valence-corrected chi connectivity index (χ2v) is 5.98. The Labute approximate surface area is 117 Å². The third-order valence-electron chi connectivity index (χ3n) is 4.40. The lowest BCUT2D eigenvalue weighted by atomic mass is 9.89. The molecular weight excluding hydrogens is 252 g/mol. The summed E-state index contributed by atoms with van der Waals surface area (Å²) < 4.78 is 5.51. The molecule has 20 heavy (non-hydrogen) atoms. The van der Waals surface area contributed by atoms with Crippen molar-refractivity contribution in [2.45, 2.75) is 51.1 Å². The molecule has 0 spiro atoms. The fourth-order valence-electron chi connectivity index (χ4n) is 3.56. The van der Waals surface area contributed by atoms with Crippen molar-refractivity contribution in [2.24, 2.45) is 0 Å². The van der Waals surface area contributed by atoms with Crippen molar-refractivity contribution in [3.63, 3.8) is 0 Å². The zero-order valence-electron chi connectivity index (χ0n) is 11.8. The third kappa shape index (κ3) is 1.93. The van der Waals surface area contributed by atoms with Gasteiger partial charge in [-0.2, -0.15) is 4.98 Å². The molecule has 5 nitrogen and oxygen atoms in total. The van der Waals surface area contributed by atoms with Gasteiger partial charge in [0.15, 0.2) is 0 Å². The van der Waals surface area contributed by atoms with E-state index >= 15 is 0 Å². The Hall–Kier alpha value is -1.75. The number of nitrogens with zero attached hydrogens (tertiary/aromatic N) is 3. The van der Waals surface area contributed by atoms with Crippen molar-refractivity contribution in [3.05, 3.63) is 29.4 Å². The van der Waals surface area contributed by atoms with Crippen molar-refractivity contribution in [2.75, 3.05) is 0 Å². The second-order valence-electron chi connectivity index (χ2n) is 5.98. The Morgan fingerprint density at radius 2 is 1.95 bits per heavy atom. The van der Waals surface area contributed by atoms with Crippen molar-refractivity contribution in [3.8, 4) is 11.4 Å². The predicted octanol–water partition coefficient (Wildman–Crippen LogP) is 2.36. The maximum atomic E-state index is 5.51. The summed E-state index contributed by atoms with van der Waals surface area (Å²) in [6, 6.07) is 5.17. The molecule has 3 unspecified atom stereocenters. The average Bonchev–Trinajstić information content (AvgIpc) is 3.13. The van der Waals surface area contributed by atoms with E-state index in [0.717, 1.165) is 29.3 Å². The highest BCUT2D eigenvalue weighted by Gasteiger charge is 2.42. The molecule has 0 aliphatic carbocycles. The van der Waals surface area contributed by atoms with E-state index in [0.29, 0.717) is 23.8 Å². The van der Waals surface area contributed by atoms with Gasteiger partial charge >= 0.3 is 0 Å². The molecule has 4 rings (SSSR count). The molecule has 2 bridgehead atoms. The van der Waals surface area contributed by atoms with Gasteiger partial charge in [-0.3, -0.25) is 4.98 Å². The topological polar surface area (TPSA) is 63.8 Å². The molecule has 0 radical (unpaired) electrons. The second kappa shape index (κ2) is 4.38. The monoisotopic (exact) mass is 270 g/mol. The van der Waals surface area contributed by atoms with Crippen LogP contribution in [0.5, 0.6) is 0 Å². The normalized spacial score (nSPS) is 28.2. The fourth-order valence-corrected chi connectivity index (χ4v) is 3.56. The molecule has 0 aromatic carbocycles. The molecule has 2 aromatic rings. The quantitative estimate of drug-likeness (QED) is 0.907. The molecule has 2 aliphatic rings. The van der Waals surface area contributed by atoms with E-state index in [1.165, 1.54) is 12.8 Å². The minimum absolute atomic E-state index is 0.388. The molecule has 2 fully saturated rings. The Kier molecular flexibility index (Phi) is 2.63. The van der Waals surface area contributed by atoms with Crippen LogP contribution in [0.25, 0.3) is 11.4 Å². The summed E-state index contributed by atoms with van der Waals surface area (Å²) in [6.45, 7) is 3.97. The standard InChI is InChI=1S/C15H18N4O/c1-8-5-10(6-9(2)16-8)14-18-15(20-19-14)12-7-11-3-4-13(12)17-11/h5-6,11-13,17H,3-4,7H2,1-2H3. The van der Waals surface area contributed by atoms with Gasteiger partial charge in [-0.05, 0) is 45.2 Å². The lowest BCUT2D eigenvalue weighted by Crippen LogP contribution is -2.21. The van der Waals surface area contributed by atoms with E-state index in [2.05, 4.69) is 20.4 Å². The fraction of sp³-hybridized carbons (Fsp3) is 0.533. The van der Waals surface area contributed by atoms with Crippen LogP contribution < -0.4 is 5.32 Å². The van der Waals surface area contributed by atoms with Crippen molar-refractivity contribution >= 4 is 0 Å². The van der Waals surface area contributed by atoms with E-state index in [9.17, 15) is 0 Å². The van der Waals surface area contributed by atoms with Crippen LogP contribution in [0.4, 0.5) is 0 Å². The van der Waals surface area contributed by atoms with Crippen LogP contribution in [0.3, 0.4) is 0 Å². The van der Waals surface area contributed by atoms with Crippen LogP contribution in [0.15, 0.2) is 16.7 Å². The lowest BCUT2D eigenvalue weighted by Gasteiger charge is -2.15. The number of fused-ring (bicyclic) bond motifs is 2. The Morgan fingerprint density at radius 3 is 2.60 bits per heavy atom. The summed E-state index contributed by atoms with van der Waals surface area (Å²) in [7, 11) is 0. The van der Waals surface area contributed by atoms with Crippen LogP contribution in [-0.2, 0) is 0 Å². The van der Waals surface area contributed by atoms with Crippen LogP contribution in [0.2, 0.25) is 0 Å². The van der Waals surface area contributed by atoms with Crippen LogP contribution in [0, 0.1) is 13.8 Å². The van der Waals surface area contributed by atoms with Crippen molar-refractivity contribution in [1.82, 2.24) is 20.4 Å². The minimum Gasteiger partial charge on any atom is -0.339 e. The van der Waals surface area contributed by atoms with Gasteiger partial charge in [-0.15, -0.1) is 0 Å². The molecule has 4 heterocycles. The molecule has 0 amide bonds. The maximum Gasteiger partial charge on any atom is 0.231 e. The molecular formula is C15H18N4O. The highest BCUT2D eigenvalue weighted by Crippen LogP contribution is 2.39. The van der Waals surface area contributed by atoms with Crippen molar-refractivity contribution < 1.29 is 4.52 Å². The first-order valence-electron chi connectivity index (χ1n) is 7.24. The molecule has 2 aromatic heterocycles. The molecule has 5 heteroatoms. The van der Waals surface area contributed by atoms with Crippen LogP contribution in [-0.4, -0.2) is 27.2 Å². The van der Waals surface area contributed by atoms with Gasteiger partial charge in [0.2, 0.25) is 11.7 Å². The smallest absolute Gasteiger partial charge is 0.231 e. The van der Waals surface area contributed by atoms with E-state index in [-0.39, 0.29) is 0 Å². The Balaban J connectivity index is 1.65. The summed E-state index contributed by atoms with van der Waals surface area (Å²) in [4.78, 5) is 9.00. The van der Waals surface area contributed by atoms with Gasteiger partial charge < -0.3 is 9.84 Å². The third-order valence-corrected chi connectivity index (χ3v) is 4.40. The zero-order valence-corrected chi connectivity index (χ0v) is 11.8. The van der Waals surface area contributed by atoms with Gasteiger partial charge in [0.05, 0.1) is 5.92 Å². The van der Waals surface area contributed by atoms with Gasteiger partial charge in [0.1, 0.15) is 0 Å². The number of nitrogens with one attached hydrogen (secondary N) is 1. The minimum atomic E-state index is 0.388. The van der Waals surface area contributed by atoms with Gasteiger partial charge in [0.25, 0.3) is 0 Å². The molecule has 3 atom stereocenters. The molecule has 2 aliphatic heterocycles. The first-order chi connectivity index (χ1) is 9.69. The number of pyridine rings is 1. The highest BCUT2D eigenvalue weighted by molar-refractivity contribution is 5.55. The lowest BCUT2D eigenvalue weighted by molar-refractivity contribution is 0.329. The first-order valence-corrected chi connectivity index (χ1v) is 7.24. The van der Waals surface area contributed by atoms with E-state index in [1.54, 1.807) is 0 Å². The van der Waals surface area contributed by atoms with E-state index in [1.807, 2.05) is 26.0 Å². The maximum absolute atomic E-state index is 5.51. The Bertz CT molecular complexity index is 631. The number of hydrogen-bond acceptors (Lipinski definition) is 5. The summed E-state index contributed by atoms with van der Waals surface area (Å²) in [5, 5.41) is 7.76.